The SMILES string of the molecule is C[n+]1c2ccccc2c(-c2c3ccccc3[n+](C)c3ccccc23)c2ccccc21. The fourth-order valence-electron chi connectivity index (χ4n) is 5.00. The Bertz CT molecular complexity index is 1380. The summed E-state index contributed by atoms with van der Waals surface area (Å²) in [5.74, 6) is 0. The van der Waals surface area contributed by atoms with E-state index in [1.165, 1.54) is 54.7 Å². The highest BCUT2D eigenvalue weighted by atomic mass is 14.9. The van der Waals surface area contributed by atoms with Gasteiger partial charge < -0.3 is 0 Å². The Morgan fingerprint density at radius 2 is 0.600 bits per heavy atom. The summed E-state index contributed by atoms with van der Waals surface area (Å²) in [5, 5.41) is 5.12. The number of rotatable bonds is 1. The Labute approximate surface area is 175 Å². The number of pyridine rings is 2. The molecule has 30 heavy (non-hydrogen) atoms. The molecular formula is C28H22N2+2. The predicted molar refractivity (Wildman–Crippen MR) is 124 cm³/mol. The maximum Gasteiger partial charge on any atom is 0.213 e. The normalized spacial score (nSPS) is 11.7. The molecule has 2 heteroatoms. The van der Waals surface area contributed by atoms with E-state index < -0.39 is 0 Å². The van der Waals surface area contributed by atoms with E-state index in [-0.39, 0.29) is 0 Å². The van der Waals surface area contributed by atoms with Crippen LogP contribution in [0.5, 0.6) is 0 Å². The third-order valence-corrected chi connectivity index (χ3v) is 6.39. The Balaban J connectivity index is 1.97. The number of hydrogen-bond donors (Lipinski definition) is 0. The maximum absolute atomic E-state index is 2.31. The fraction of sp³-hybridized carbons (Fsp3) is 0.0714. The van der Waals surface area contributed by atoms with Crippen molar-refractivity contribution in [2.45, 2.75) is 0 Å². The van der Waals surface area contributed by atoms with Crippen molar-refractivity contribution in [3.05, 3.63) is 97.1 Å². The molecule has 0 aliphatic heterocycles. The summed E-state index contributed by atoms with van der Waals surface area (Å²) in [7, 11) is 4.32. The molecule has 0 atom stereocenters. The van der Waals surface area contributed by atoms with Gasteiger partial charge in [-0.3, -0.25) is 0 Å². The first-order chi connectivity index (χ1) is 14.8. The molecule has 2 nitrogen and oxygen atoms in total. The molecule has 0 amide bonds. The van der Waals surface area contributed by atoms with Crippen LogP contribution in [0.15, 0.2) is 97.1 Å². The van der Waals surface area contributed by atoms with Gasteiger partial charge in [-0.05, 0) is 24.3 Å². The summed E-state index contributed by atoms with van der Waals surface area (Å²) in [4.78, 5) is 0. The molecule has 2 aromatic heterocycles. The second kappa shape index (κ2) is 6.36. The van der Waals surface area contributed by atoms with Crippen LogP contribution in [0.1, 0.15) is 0 Å². The zero-order valence-corrected chi connectivity index (χ0v) is 17.1. The molecule has 0 N–H and O–H groups in total. The standard InChI is InChI=1S/C28H22N2/c1-29-23-15-7-3-11-19(23)27(20-12-4-8-16-24(20)29)28-21-13-5-9-17-25(21)30(2)26-18-10-6-14-22(26)28/h3-18H,1-2H3/q+2. The van der Waals surface area contributed by atoms with Crippen LogP contribution in [0.25, 0.3) is 54.7 Å². The van der Waals surface area contributed by atoms with Gasteiger partial charge in [-0.2, -0.15) is 9.13 Å². The molecular weight excluding hydrogens is 364 g/mol. The van der Waals surface area contributed by atoms with Crippen LogP contribution >= 0.6 is 0 Å². The van der Waals surface area contributed by atoms with E-state index >= 15 is 0 Å². The van der Waals surface area contributed by atoms with E-state index in [9.17, 15) is 0 Å². The molecule has 0 spiro atoms. The third-order valence-electron chi connectivity index (χ3n) is 6.39. The van der Waals surface area contributed by atoms with Gasteiger partial charge in [0.15, 0.2) is 0 Å². The number of nitrogens with zero attached hydrogens (tertiary/aromatic N) is 2. The van der Waals surface area contributed by atoms with Gasteiger partial charge in [-0.15, -0.1) is 0 Å². The minimum absolute atomic E-state index is 1.24. The first kappa shape index (κ1) is 17.1. The molecule has 0 radical (unpaired) electrons. The van der Waals surface area contributed by atoms with Gasteiger partial charge in [0.05, 0.1) is 21.5 Å². The number of aryl methyl sites for hydroxylation is 2. The van der Waals surface area contributed by atoms with Crippen molar-refractivity contribution < 1.29 is 9.13 Å². The van der Waals surface area contributed by atoms with Crippen LogP contribution in [-0.4, -0.2) is 0 Å². The van der Waals surface area contributed by atoms with Crippen molar-refractivity contribution in [2.75, 3.05) is 0 Å². The summed E-state index contributed by atoms with van der Waals surface area (Å²) in [6.07, 6.45) is 0. The van der Waals surface area contributed by atoms with E-state index in [0.29, 0.717) is 0 Å². The molecule has 0 saturated heterocycles. The van der Waals surface area contributed by atoms with E-state index in [0.717, 1.165) is 0 Å². The Kier molecular flexibility index (Phi) is 3.63. The molecule has 142 valence electrons. The zero-order valence-electron chi connectivity index (χ0n) is 17.1. The lowest BCUT2D eigenvalue weighted by atomic mass is 9.90. The van der Waals surface area contributed by atoms with Gasteiger partial charge in [-0.1, -0.05) is 48.5 Å². The van der Waals surface area contributed by atoms with Gasteiger partial charge in [0.1, 0.15) is 14.1 Å². The Morgan fingerprint density at radius 3 is 0.867 bits per heavy atom. The first-order valence-corrected chi connectivity index (χ1v) is 10.3. The molecule has 0 aliphatic carbocycles. The Hall–Kier alpha value is -3.78. The Morgan fingerprint density at radius 1 is 0.367 bits per heavy atom. The van der Waals surface area contributed by atoms with Crippen LogP contribution in [0, 0.1) is 0 Å². The second-order valence-electron chi connectivity index (χ2n) is 7.94. The minimum Gasteiger partial charge on any atom is -0.194 e. The molecule has 0 unspecified atom stereocenters. The van der Waals surface area contributed by atoms with E-state index in [1.807, 2.05) is 0 Å². The highest BCUT2D eigenvalue weighted by molar-refractivity contribution is 6.18. The van der Waals surface area contributed by atoms with E-state index in [1.54, 1.807) is 0 Å². The lowest BCUT2D eigenvalue weighted by Gasteiger charge is -2.14. The van der Waals surface area contributed by atoms with Crippen molar-refractivity contribution >= 4 is 43.6 Å². The van der Waals surface area contributed by atoms with Gasteiger partial charge in [-0.25, -0.2) is 0 Å². The van der Waals surface area contributed by atoms with Crippen molar-refractivity contribution in [2.24, 2.45) is 14.1 Å². The van der Waals surface area contributed by atoms with Crippen LogP contribution in [0.2, 0.25) is 0 Å². The zero-order chi connectivity index (χ0) is 20.2. The van der Waals surface area contributed by atoms with Gasteiger partial charge in [0.2, 0.25) is 22.1 Å². The molecule has 0 bridgehead atoms. The molecule has 2 heterocycles. The van der Waals surface area contributed by atoms with Crippen molar-refractivity contribution in [3.63, 3.8) is 0 Å². The fourth-order valence-corrected chi connectivity index (χ4v) is 5.00. The van der Waals surface area contributed by atoms with Gasteiger partial charge in [0.25, 0.3) is 0 Å². The number of aromatic nitrogens is 2. The summed E-state index contributed by atoms with van der Waals surface area (Å²) in [5.41, 5.74) is 7.60. The smallest absolute Gasteiger partial charge is 0.194 e. The second-order valence-corrected chi connectivity index (χ2v) is 7.94. The van der Waals surface area contributed by atoms with Crippen molar-refractivity contribution in [1.82, 2.24) is 0 Å². The highest BCUT2D eigenvalue weighted by Crippen LogP contribution is 2.40. The summed E-state index contributed by atoms with van der Waals surface area (Å²) in [6.45, 7) is 0. The molecule has 0 saturated carbocycles. The average molecular weight is 386 g/mol. The predicted octanol–water partition coefficient (Wildman–Crippen LogP) is 5.62. The van der Waals surface area contributed by atoms with Crippen LogP contribution in [-0.2, 0) is 14.1 Å². The van der Waals surface area contributed by atoms with Gasteiger partial charge >= 0.3 is 0 Å². The molecule has 0 fully saturated rings. The monoisotopic (exact) mass is 386 g/mol. The maximum atomic E-state index is 2.31. The minimum atomic E-state index is 1.24. The topological polar surface area (TPSA) is 7.76 Å². The number of fused-ring (bicyclic) bond motifs is 4. The van der Waals surface area contributed by atoms with Crippen LogP contribution in [0.3, 0.4) is 0 Å². The van der Waals surface area contributed by atoms with Crippen LogP contribution < -0.4 is 9.13 Å². The van der Waals surface area contributed by atoms with Gasteiger partial charge in [0, 0.05) is 35.4 Å². The third kappa shape index (κ3) is 2.25. The molecule has 6 aromatic rings. The average Bonchev–Trinajstić information content (AvgIpc) is 2.81. The summed E-state index contributed by atoms with van der Waals surface area (Å²) in [6, 6.07) is 35.0. The summed E-state index contributed by atoms with van der Waals surface area (Å²) >= 11 is 0. The van der Waals surface area contributed by atoms with Crippen LogP contribution in [0.4, 0.5) is 0 Å². The van der Waals surface area contributed by atoms with Crippen molar-refractivity contribution in [1.29, 1.82) is 0 Å². The highest BCUT2D eigenvalue weighted by Gasteiger charge is 2.24. The van der Waals surface area contributed by atoms with E-state index in [4.69, 9.17) is 0 Å². The molecule has 0 aliphatic rings. The number of hydrogen-bond acceptors (Lipinski definition) is 0. The number of para-hydroxylation sites is 4. The molecule has 4 aromatic carbocycles. The summed E-state index contributed by atoms with van der Waals surface area (Å²) < 4.78 is 4.61. The van der Waals surface area contributed by atoms with Crippen molar-refractivity contribution in [3.8, 4) is 11.1 Å². The molecule has 6 rings (SSSR count). The number of benzene rings is 4. The first-order valence-electron chi connectivity index (χ1n) is 10.3. The lowest BCUT2D eigenvalue weighted by Crippen LogP contribution is -2.31. The largest absolute Gasteiger partial charge is 0.213 e. The lowest BCUT2D eigenvalue weighted by molar-refractivity contribution is -0.617. The quantitative estimate of drug-likeness (QED) is 0.256. The van der Waals surface area contributed by atoms with E-state index in [2.05, 4.69) is 120 Å².